The highest BCUT2D eigenvalue weighted by Crippen LogP contribution is 2.28. The third kappa shape index (κ3) is 3.81. The van der Waals surface area contributed by atoms with Crippen LogP contribution in [0.15, 0.2) is 51.8 Å². The summed E-state index contributed by atoms with van der Waals surface area (Å²) in [4.78, 5) is 16.6. The summed E-state index contributed by atoms with van der Waals surface area (Å²) < 4.78 is 5.33. The molecule has 6 nitrogen and oxygen atoms in total. The number of hydrogen-bond donors (Lipinski definition) is 0. The average Bonchev–Trinajstić information content (AvgIpc) is 3.37. The lowest BCUT2D eigenvalue weighted by molar-refractivity contribution is 0.259. The van der Waals surface area contributed by atoms with Gasteiger partial charge >= 0.3 is 0 Å². The molecule has 0 radical (unpaired) electrons. The molecule has 0 spiro atoms. The van der Waals surface area contributed by atoms with Gasteiger partial charge in [-0.05, 0) is 30.6 Å². The van der Waals surface area contributed by atoms with Crippen LogP contribution in [0.3, 0.4) is 0 Å². The Morgan fingerprint density at radius 3 is 2.84 bits per heavy atom. The van der Waals surface area contributed by atoms with Crippen LogP contribution in [0.5, 0.6) is 0 Å². The van der Waals surface area contributed by atoms with Gasteiger partial charge in [0.15, 0.2) is 0 Å². The zero-order valence-electron chi connectivity index (χ0n) is 13.5. The second kappa shape index (κ2) is 7.22. The summed E-state index contributed by atoms with van der Waals surface area (Å²) in [6, 6.07) is 9.75. The highest BCUT2D eigenvalue weighted by Gasteiger charge is 2.13. The van der Waals surface area contributed by atoms with Crippen LogP contribution in [0.4, 0.5) is 0 Å². The first-order chi connectivity index (χ1) is 12.3. The Morgan fingerprint density at radius 1 is 1.08 bits per heavy atom. The minimum Gasteiger partial charge on any atom is -0.337 e. The lowest BCUT2D eigenvalue weighted by Gasteiger charge is -2.11. The lowest BCUT2D eigenvalue weighted by atomic mass is 10.3. The van der Waals surface area contributed by atoms with Crippen molar-refractivity contribution in [2.75, 3.05) is 7.05 Å². The number of hydrogen-bond acceptors (Lipinski definition) is 8. The predicted molar refractivity (Wildman–Crippen MR) is 98.1 cm³/mol. The molecule has 0 saturated heterocycles. The smallest absolute Gasteiger partial charge is 0.241 e. The molecule has 4 aromatic rings. The third-order valence-corrected chi connectivity index (χ3v) is 5.41. The Labute approximate surface area is 152 Å². The van der Waals surface area contributed by atoms with E-state index in [-0.39, 0.29) is 0 Å². The molecule has 0 saturated carbocycles. The maximum absolute atomic E-state index is 5.33. The maximum atomic E-state index is 5.33. The van der Waals surface area contributed by atoms with Gasteiger partial charge in [0.25, 0.3) is 0 Å². The molecule has 4 heterocycles. The minimum absolute atomic E-state index is 0.512. The van der Waals surface area contributed by atoms with Crippen molar-refractivity contribution in [3.05, 3.63) is 58.9 Å². The first-order valence-corrected chi connectivity index (χ1v) is 9.44. The molecule has 25 heavy (non-hydrogen) atoms. The normalized spacial score (nSPS) is 11.3. The molecule has 4 aromatic heterocycles. The molecule has 0 aliphatic heterocycles. The van der Waals surface area contributed by atoms with E-state index in [1.54, 1.807) is 28.9 Å². The van der Waals surface area contributed by atoms with Gasteiger partial charge in [-0.2, -0.15) is 4.98 Å². The summed E-state index contributed by atoms with van der Waals surface area (Å²) >= 11 is 3.38. The number of rotatable bonds is 6. The van der Waals surface area contributed by atoms with Crippen LogP contribution in [0.1, 0.15) is 11.6 Å². The van der Waals surface area contributed by atoms with Crippen LogP contribution in [0.25, 0.3) is 21.4 Å². The van der Waals surface area contributed by atoms with E-state index in [1.165, 1.54) is 4.88 Å². The molecule has 4 rings (SSSR count). The fourth-order valence-corrected chi connectivity index (χ4v) is 4.00. The zero-order chi connectivity index (χ0) is 17.1. The highest BCUT2D eigenvalue weighted by atomic mass is 32.1. The van der Waals surface area contributed by atoms with E-state index >= 15 is 0 Å². The summed E-state index contributed by atoms with van der Waals surface area (Å²) in [5.41, 5.74) is 1.75. The largest absolute Gasteiger partial charge is 0.337 e. The standard InChI is InChI=1S/C17H15N5OS2/c1-22(9-12-11-25-17(19-12)14-6-4-8-24-14)10-15-20-16(21-23-15)13-5-2-3-7-18-13/h2-8,11H,9-10H2,1H3. The van der Waals surface area contributed by atoms with Crippen molar-refractivity contribution in [2.45, 2.75) is 13.1 Å². The van der Waals surface area contributed by atoms with Crippen molar-refractivity contribution in [1.29, 1.82) is 0 Å². The van der Waals surface area contributed by atoms with Gasteiger partial charge in [0.1, 0.15) is 10.7 Å². The van der Waals surface area contributed by atoms with Crippen LogP contribution in [-0.2, 0) is 13.1 Å². The summed E-state index contributed by atoms with van der Waals surface area (Å²) in [5.74, 6) is 1.08. The van der Waals surface area contributed by atoms with E-state index in [9.17, 15) is 0 Å². The van der Waals surface area contributed by atoms with Crippen molar-refractivity contribution < 1.29 is 4.52 Å². The van der Waals surface area contributed by atoms with Gasteiger partial charge in [-0.25, -0.2) is 4.98 Å². The maximum Gasteiger partial charge on any atom is 0.241 e. The number of pyridine rings is 1. The van der Waals surface area contributed by atoms with Gasteiger partial charge in [-0.1, -0.05) is 17.3 Å². The SMILES string of the molecule is CN(Cc1csc(-c2cccs2)n1)Cc1nc(-c2ccccn2)no1. The molecule has 0 fully saturated rings. The molecule has 126 valence electrons. The van der Waals surface area contributed by atoms with E-state index in [0.29, 0.717) is 24.0 Å². The Morgan fingerprint density at radius 2 is 2.04 bits per heavy atom. The molecule has 0 atom stereocenters. The Balaban J connectivity index is 1.39. The Hall–Kier alpha value is -2.42. The van der Waals surface area contributed by atoms with E-state index in [0.717, 1.165) is 17.2 Å². The van der Waals surface area contributed by atoms with Crippen molar-refractivity contribution >= 4 is 22.7 Å². The monoisotopic (exact) mass is 369 g/mol. The fourth-order valence-electron chi connectivity index (χ4n) is 2.37. The number of thiazole rings is 1. The number of thiophene rings is 1. The van der Waals surface area contributed by atoms with Gasteiger partial charge in [-0.15, -0.1) is 22.7 Å². The van der Waals surface area contributed by atoms with Crippen LogP contribution < -0.4 is 0 Å². The average molecular weight is 369 g/mol. The van der Waals surface area contributed by atoms with E-state index in [2.05, 4.69) is 36.9 Å². The number of nitrogens with zero attached hydrogens (tertiary/aromatic N) is 5. The highest BCUT2D eigenvalue weighted by molar-refractivity contribution is 7.20. The fraction of sp³-hybridized carbons (Fsp3) is 0.176. The Bertz CT molecular complexity index is 933. The van der Waals surface area contributed by atoms with Gasteiger partial charge in [0.05, 0.1) is 17.1 Å². The van der Waals surface area contributed by atoms with Gasteiger partial charge in [0, 0.05) is 18.1 Å². The molecular formula is C17H15N5OS2. The van der Waals surface area contributed by atoms with Crippen molar-refractivity contribution in [3.63, 3.8) is 0 Å². The van der Waals surface area contributed by atoms with E-state index < -0.39 is 0 Å². The van der Waals surface area contributed by atoms with Crippen LogP contribution >= 0.6 is 22.7 Å². The third-order valence-electron chi connectivity index (χ3n) is 3.48. The number of aromatic nitrogens is 4. The van der Waals surface area contributed by atoms with Crippen molar-refractivity contribution in [3.8, 4) is 21.4 Å². The Kier molecular flexibility index (Phi) is 4.64. The van der Waals surface area contributed by atoms with Crippen LogP contribution in [0.2, 0.25) is 0 Å². The summed E-state index contributed by atoms with van der Waals surface area (Å²) in [6.45, 7) is 1.29. The van der Waals surface area contributed by atoms with E-state index in [1.807, 2.05) is 31.3 Å². The minimum atomic E-state index is 0.512. The first kappa shape index (κ1) is 16.1. The lowest BCUT2D eigenvalue weighted by Crippen LogP contribution is -2.17. The molecule has 0 unspecified atom stereocenters. The molecular weight excluding hydrogens is 354 g/mol. The van der Waals surface area contributed by atoms with Gasteiger partial charge < -0.3 is 4.52 Å². The van der Waals surface area contributed by atoms with Crippen LogP contribution in [-0.4, -0.2) is 32.1 Å². The molecule has 0 aliphatic carbocycles. The van der Waals surface area contributed by atoms with Gasteiger partial charge in [0.2, 0.25) is 11.7 Å². The topological polar surface area (TPSA) is 67.9 Å². The second-order valence-electron chi connectivity index (χ2n) is 5.52. The molecule has 0 aliphatic rings. The summed E-state index contributed by atoms with van der Waals surface area (Å²) in [5, 5.41) is 9.22. The molecule has 0 bridgehead atoms. The summed E-state index contributed by atoms with van der Waals surface area (Å²) in [7, 11) is 2.01. The molecule has 0 amide bonds. The summed E-state index contributed by atoms with van der Waals surface area (Å²) in [6.07, 6.45) is 1.71. The first-order valence-electron chi connectivity index (χ1n) is 7.69. The molecule has 8 heteroatoms. The predicted octanol–water partition coefficient (Wildman–Crippen LogP) is 3.95. The van der Waals surface area contributed by atoms with E-state index in [4.69, 9.17) is 9.51 Å². The molecule has 0 N–H and O–H groups in total. The zero-order valence-corrected chi connectivity index (χ0v) is 15.1. The van der Waals surface area contributed by atoms with Crippen molar-refractivity contribution in [2.24, 2.45) is 0 Å². The second-order valence-corrected chi connectivity index (χ2v) is 7.33. The molecule has 0 aromatic carbocycles. The van der Waals surface area contributed by atoms with Crippen molar-refractivity contribution in [1.82, 2.24) is 25.0 Å². The van der Waals surface area contributed by atoms with Crippen LogP contribution in [0, 0.1) is 0 Å². The quantitative estimate of drug-likeness (QED) is 0.513. The van der Waals surface area contributed by atoms with Gasteiger partial charge in [-0.3, -0.25) is 9.88 Å².